The molecule has 2 aromatic rings. The van der Waals surface area contributed by atoms with Crippen LogP contribution in [0.1, 0.15) is 59.3 Å². The molecule has 0 aliphatic heterocycles. The molecule has 0 unspecified atom stereocenters. The lowest BCUT2D eigenvalue weighted by Gasteiger charge is -2.56. The van der Waals surface area contributed by atoms with E-state index < -0.39 is 0 Å². The van der Waals surface area contributed by atoms with E-state index in [0.29, 0.717) is 12.5 Å². The van der Waals surface area contributed by atoms with Gasteiger partial charge in [-0.25, -0.2) is 4.98 Å². The number of carbonyl (C=O) groups is 1. The first-order valence-corrected chi connectivity index (χ1v) is 13.4. The number of hydrogen-bond donors (Lipinski definition) is 0. The van der Waals surface area contributed by atoms with Gasteiger partial charge in [-0.3, -0.25) is 9.69 Å². The van der Waals surface area contributed by atoms with Crippen molar-refractivity contribution < 1.29 is 9.53 Å². The lowest BCUT2D eigenvalue weighted by Crippen LogP contribution is -2.55. The first kappa shape index (κ1) is 24.7. The summed E-state index contributed by atoms with van der Waals surface area (Å²) in [5.74, 6) is 3.52. The summed E-state index contributed by atoms with van der Waals surface area (Å²) < 4.78 is 6.79. The lowest BCUT2D eigenvalue weighted by molar-refractivity contribution is -0.143. The molecule has 1 amide bonds. The number of rotatable bonds is 9. The Morgan fingerprint density at radius 1 is 1.06 bits per heavy atom. The molecule has 4 saturated carbocycles. The average molecular weight is 492 g/mol. The first-order chi connectivity index (χ1) is 15.5. The summed E-state index contributed by atoms with van der Waals surface area (Å²) in [7, 11) is 0. The van der Waals surface area contributed by atoms with Crippen LogP contribution >= 0.6 is 23.7 Å². The topological polar surface area (TPSA) is 45.7 Å². The number of likely N-dealkylation sites (N-methyl/N-ethyl adjacent to an activating group) is 1. The predicted molar refractivity (Wildman–Crippen MR) is 139 cm³/mol. The van der Waals surface area contributed by atoms with E-state index in [4.69, 9.17) is 9.72 Å². The number of carbonyl (C=O) groups excluding carboxylic acids is 1. The van der Waals surface area contributed by atoms with Crippen molar-refractivity contribution in [3.05, 3.63) is 18.2 Å². The second-order valence-electron chi connectivity index (χ2n) is 10.2. The normalized spacial score (nSPS) is 27.7. The van der Waals surface area contributed by atoms with Gasteiger partial charge in [0.2, 0.25) is 5.91 Å². The Bertz CT molecular complexity index is 938. The van der Waals surface area contributed by atoms with Crippen LogP contribution in [-0.2, 0) is 4.79 Å². The van der Waals surface area contributed by atoms with Gasteiger partial charge in [0.05, 0.1) is 22.2 Å². The number of thiazole rings is 1. The fourth-order valence-electron chi connectivity index (χ4n) is 6.99. The quantitative estimate of drug-likeness (QED) is 0.431. The van der Waals surface area contributed by atoms with E-state index in [9.17, 15) is 4.79 Å². The maximum Gasteiger partial charge on any atom is 0.235 e. The Morgan fingerprint density at radius 3 is 2.27 bits per heavy atom. The van der Waals surface area contributed by atoms with Gasteiger partial charge in [-0.2, -0.15) is 0 Å². The summed E-state index contributed by atoms with van der Waals surface area (Å²) in [5.41, 5.74) is 0.811. The molecular formula is C26H38ClN3O2S. The molecule has 1 aromatic heterocycles. The molecule has 0 N–H and O–H groups in total. The number of benzene rings is 1. The minimum atomic E-state index is -0.146. The van der Waals surface area contributed by atoms with E-state index in [1.54, 1.807) is 11.3 Å². The third-order valence-corrected chi connectivity index (χ3v) is 9.20. The highest BCUT2D eigenvalue weighted by Crippen LogP contribution is 2.60. The van der Waals surface area contributed by atoms with E-state index in [1.165, 1.54) is 19.3 Å². The van der Waals surface area contributed by atoms with Crippen molar-refractivity contribution in [2.45, 2.75) is 59.3 Å². The van der Waals surface area contributed by atoms with Crippen molar-refractivity contribution in [3.8, 4) is 5.75 Å². The zero-order chi connectivity index (χ0) is 22.3. The maximum atomic E-state index is 14.3. The number of amides is 1. The Balaban J connectivity index is 0.00000259. The van der Waals surface area contributed by atoms with E-state index in [-0.39, 0.29) is 17.8 Å². The molecule has 1 aromatic carbocycles. The highest BCUT2D eigenvalue weighted by Gasteiger charge is 2.56. The van der Waals surface area contributed by atoms with Crippen molar-refractivity contribution in [1.29, 1.82) is 0 Å². The lowest BCUT2D eigenvalue weighted by atomic mass is 9.49. The van der Waals surface area contributed by atoms with Crippen LogP contribution in [0.5, 0.6) is 5.75 Å². The minimum Gasteiger partial charge on any atom is -0.494 e. The Hall–Kier alpha value is -1.37. The highest BCUT2D eigenvalue weighted by atomic mass is 35.5. The molecule has 0 radical (unpaired) electrons. The van der Waals surface area contributed by atoms with Crippen molar-refractivity contribution in [1.82, 2.24) is 9.88 Å². The molecule has 182 valence electrons. The zero-order valence-corrected chi connectivity index (χ0v) is 21.8. The Labute approximate surface area is 208 Å². The fourth-order valence-corrected chi connectivity index (χ4v) is 8.01. The van der Waals surface area contributed by atoms with Crippen LogP contribution < -0.4 is 9.64 Å². The Kier molecular flexibility index (Phi) is 7.56. The van der Waals surface area contributed by atoms with E-state index >= 15 is 0 Å². The van der Waals surface area contributed by atoms with Gasteiger partial charge in [-0.05, 0) is 94.5 Å². The molecule has 0 spiro atoms. The van der Waals surface area contributed by atoms with Crippen LogP contribution in [0.4, 0.5) is 5.13 Å². The number of ether oxygens (including phenoxy) is 1. The van der Waals surface area contributed by atoms with Crippen LogP contribution in [0.15, 0.2) is 18.2 Å². The van der Waals surface area contributed by atoms with Crippen molar-refractivity contribution in [2.24, 2.45) is 23.2 Å². The van der Waals surface area contributed by atoms with Crippen LogP contribution in [0.3, 0.4) is 0 Å². The molecule has 0 atom stereocenters. The van der Waals surface area contributed by atoms with E-state index in [1.807, 2.05) is 19.1 Å². The van der Waals surface area contributed by atoms with Crippen LogP contribution in [0.25, 0.3) is 10.2 Å². The maximum absolute atomic E-state index is 14.3. The molecule has 6 rings (SSSR count). The van der Waals surface area contributed by atoms with Crippen LogP contribution in [0, 0.1) is 23.2 Å². The summed E-state index contributed by atoms with van der Waals surface area (Å²) in [6.07, 6.45) is 7.35. The molecule has 4 aliphatic carbocycles. The van der Waals surface area contributed by atoms with Crippen molar-refractivity contribution in [2.75, 3.05) is 37.7 Å². The summed E-state index contributed by atoms with van der Waals surface area (Å²) >= 11 is 1.64. The number of halogens is 1. The van der Waals surface area contributed by atoms with Gasteiger partial charge in [0.25, 0.3) is 0 Å². The fraction of sp³-hybridized carbons (Fsp3) is 0.692. The number of aromatic nitrogens is 1. The van der Waals surface area contributed by atoms with Gasteiger partial charge < -0.3 is 9.64 Å². The van der Waals surface area contributed by atoms with Gasteiger partial charge >= 0.3 is 0 Å². The standard InChI is InChI=1S/C26H37N3O2S.ClH/c1-4-28(5-2)9-10-29(25-27-22-8-7-21(31-6-3)14-23(22)32-25)24(30)26-15-18-11-19(16-26)13-20(12-18)17-26;/h7-8,14,18-20H,4-6,9-13,15-17H2,1-3H3;1H. The predicted octanol–water partition coefficient (Wildman–Crippen LogP) is 6.01. The van der Waals surface area contributed by atoms with Gasteiger partial charge in [-0.1, -0.05) is 25.2 Å². The minimum absolute atomic E-state index is 0. The molecule has 33 heavy (non-hydrogen) atoms. The van der Waals surface area contributed by atoms with Crippen molar-refractivity contribution in [3.63, 3.8) is 0 Å². The SMILES string of the molecule is CCOc1ccc2nc(N(CCN(CC)CC)C(=O)C34CC5CC(CC(C5)C3)C4)sc2c1.Cl. The Morgan fingerprint density at radius 2 is 1.70 bits per heavy atom. The van der Waals surface area contributed by atoms with Crippen molar-refractivity contribution >= 4 is 45.0 Å². The molecule has 4 aliphatic rings. The largest absolute Gasteiger partial charge is 0.494 e. The van der Waals surface area contributed by atoms with E-state index in [0.717, 1.165) is 84.3 Å². The summed E-state index contributed by atoms with van der Waals surface area (Å²) in [4.78, 5) is 23.7. The summed E-state index contributed by atoms with van der Waals surface area (Å²) in [6.45, 7) is 10.7. The third kappa shape index (κ3) is 4.76. The molecule has 4 fully saturated rings. The van der Waals surface area contributed by atoms with E-state index in [2.05, 4.69) is 29.7 Å². The summed E-state index contributed by atoms with van der Waals surface area (Å²) in [5, 5.41) is 0.863. The monoisotopic (exact) mass is 491 g/mol. The highest BCUT2D eigenvalue weighted by molar-refractivity contribution is 7.22. The molecule has 4 bridgehead atoms. The second-order valence-corrected chi connectivity index (χ2v) is 11.2. The summed E-state index contributed by atoms with van der Waals surface area (Å²) in [6, 6.07) is 6.08. The van der Waals surface area contributed by atoms with Crippen LogP contribution in [0.2, 0.25) is 0 Å². The first-order valence-electron chi connectivity index (χ1n) is 12.6. The van der Waals surface area contributed by atoms with Gasteiger partial charge in [-0.15, -0.1) is 12.4 Å². The number of nitrogens with zero attached hydrogens (tertiary/aromatic N) is 3. The average Bonchev–Trinajstić information content (AvgIpc) is 3.19. The number of anilines is 1. The van der Waals surface area contributed by atoms with Gasteiger partial charge in [0, 0.05) is 13.1 Å². The molecule has 1 heterocycles. The zero-order valence-electron chi connectivity index (χ0n) is 20.2. The molecular weight excluding hydrogens is 454 g/mol. The number of fused-ring (bicyclic) bond motifs is 1. The molecule has 7 heteroatoms. The molecule has 0 saturated heterocycles. The molecule has 5 nitrogen and oxygen atoms in total. The number of hydrogen-bond acceptors (Lipinski definition) is 5. The second kappa shape index (κ2) is 10.1. The smallest absolute Gasteiger partial charge is 0.235 e. The van der Waals surface area contributed by atoms with Crippen LogP contribution in [-0.4, -0.2) is 48.6 Å². The van der Waals surface area contributed by atoms with Gasteiger partial charge in [0.1, 0.15) is 5.75 Å². The third-order valence-electron chi connectivity index (χ3n) is 8.16. The van der Waals surface area contributed by atoms with Gasteiger partial charge in [0.15, 0.2) is 5.13 Å².